The number of nitrogens with one attached hydrogen (secondary N) is 1. The van der Waals surface area contributed by atoms with Gasteiger partial charge < -0.3 is 15.0 Å². The molecular weight excluding hydrogens is 228 g/mol. The molecule has 4 nitrogen and oxygen atoms in total. The van der Waals surface area contributed by atoms with Crippen LogP contribution in [-0.2, 0) is 9.53 Å². The first-order chi connectivity index (χ1) is 8.86. The Morgan fingerprint density at radius 3 is 2.44 bits per heavy atom. The van der Waals surface area contributed by atoms with Crippen molar-refractivity contribution in [2.75, 3.05) is 39.4 Å². The molecule has 1 N–H and O–H groups in total. The summed E-state index contributed by atoms with van der Waals surface area (Å²) in [6.45, 7) is 5.69. The minimum atomic E-state index is 0.183. The number of hydrogen-bond donors (Lipinski definition) is 1. The number of likely N-dealkylation sites (tertiary alicyclic amines) is 1. The third kappa shape index (κ3) is 4.58. The van der Waals surface area contributed by atoms with E-state index in [0.717, 1.165) is 39.1 Å². The Labute approximate surface area is 110 Å². The van der Waals surface area contributed by atoms with E-state index in [1.165, 1.54) is 38.8 Å². The van der Waals surface area contributed by atoms with Crippen LogP contribution in [-0.4, -0.2) is 50.2 Å². The van der Waals surface area contributed by atoms with Crippen LogP contribution < -0.4 is 5.32 Å². The van der Waals surface area contributed by atoms with Gasteiger partial charge in [0.25, 0.3) is 0 Å². The number of ether oxygens (including phenoxy) is 1. The lowest BCUT2D eigenvalue weighted by atomic mass is 9.99. The van der Waals surface area contributed by atoms with E-state index in [1.807, 2.05) is 0 Å². The van der Waals surface area contributed by atoms with E-state index < -0.39 is 0 Å². The number of carbonyl (C=O) groups is 1. The van der Waals surface area contributed by atoms with Crippen LogP contribution in [0.2, 0.25) is 0 Å². The van der Waals surface area contributed by atoms with E-state index in [0.29, 0.717) is 0 Å². The molecule has 2 aliphatic rings. The SMILES string of the molecule is O=C(NCCN1CCCCCC1)C1CCOCC1. The average Bonchev–Trinajstić information content (AvgIpc) is 2.68. The van der Waals surface area contributed by atoms with Gasteiger partial charge in [0.15, 0.2) is 0 Å². The summed E-state index contributed by atoms with van der Waals surface area (Å²) < 4.78 is 5.28. The van der Waals surface area contributed by atoms with Gasteiger partial charge in [-0.15, -0.1) is 0 Å². The molecule has 2 heterocycles. The highest BCUT2D eigenvalue weighted by Crippen LogP contribution is 2.14. The van der Waals surface area contributed by atoms with E-state index in [2.05, 4.69) is 10.2 Å². The molecule has 0 unspecified atom stereocenters. The fourth-order valence-electron chi connectivity index (χ4n) is 2.80. The van der Waals surface area contributed by atoms with E-state index >= 15 is 0 Å². The number of carbonyl (C=O) groups excluding carboxylic acids is 1. The van der Waals surface area contributed by atoms with Crippen molar-refractivity contribution in [1.29, 1.82) is 0 Å². The summed E-state index contributed by atoms with van der Waals surface area (Å²) in [6.07, 6.45) is 7.13. The molecule has 18 heavy (non-hydrogen) atoms. The van der Waals surface area contributed by atoms with Gasteiger partial charge in [0.2, 0.25) is 5.91 Å². The molecule has 0 spiro atoms. The second kappa shape index (κ2) is 7.74. The van der Waals surface area contributed by atoms with Crippen molar-refractivity contribution in [3.8, 4) is 0 Å². The number of nitrogens with zero attached hydrogens (tertiary/aromatic N) is 1. The topological polar surface area (TPSA) is 41.6 Å². The monoisotopic (exact) mass is 254 g/mol. The van der Waals surface area contributed by atoms with Gasteiger partial charge in [-0.3, -0.25) is 4.79 Å². The molecule has 2 saturated heterocycles. The average molecular weight is 254 g/mol. The zero-order valence-corrected chi connectivity index (χ0v) is 11.3. The van der Waals surface area contributed by atoms with Gasteiger partial charge in [0, 0.05) is 32.2 Å². The lowest BCUT2D eigenvalue weighted by Crippen LogP contribution is -2.39. The maximum Gasteiger partial charge on any atom is 0.223 e. The fourth-order valence-corrected chi connectivity index (χ4v) is 2.80. The zero-order chi connectivity index (χ0) is 12.6. The predicted octanol–water partition coefficient (Wildman–Crippen LogP) is 1.41. The lowest BCUT2D eigenvalue weighted by Gasteiger charge is -2.23. The number of amides is 1. The van der Waals surface area contributed by atoms with Crippen LogP contribution in [0.1, 0.15) is 38.5 Å². The van der Waals surface area contributed by atoms with Gasteiger partial charge in [-0.05, 0) is 38.8 Å². The Hall–Kier alpha value is -0.610. The Morgan fingerprint density at radius 1 is 1.11 bits per heavy atom. The smallest absolute Gasteiger partial charge is 0.223 e. The van der Waals surface area contributed by atoms with Gasteiger partial charge >= 0.3 is 0 Å². The van der Waals surface area contributed by atoms with Crippen LogP contribution in [0.3, 0.4) is 0 Å². The molecule has 1 amide bonds. The summed E-state index contributed by atoms with van der Waals surface area (Å²) in [5, 5.41) is 3.08. The molecule has 0 aromatic carbocycles. The Kier molecular flexibility index (Phi) is 5.94. The van der Waals surface area contributed by atoms with Crippen molar-refractivity contribution in [2.45, 2.75) is 38.5 Å². The van der Waals surface area contributed by atoms with E-state index in [-0.39, 0.29) is 11.8 Å². The standard InChI is InChI=1S/C14H26N2O2/c17-14(13-5-11-18-12-6-13)15-7-10-16-8-3-1-2-4-9-16/h13H,1-12H2,(H,15,17). The summed E-state index contributed by atoms with van der Waals surface area (Å²) in [5.41, 5.74) is 0. The highest BCUT2D eigenvalue weighted by Gasteiger charge is 2.21. The van der Waals surface area contributed by atoms with Crippen molar-refractivity contribution >= 4 is 5.91 Å². The van der Waals surface area contributed by atoms with Crippen LogP contribution in [0.15, 0.2) is 0 Å². The van der Waals surface area contributed by atoms with Crippen LogP contribution in [0.25, 0.3) is 0 Å². The first kappa shape index (κ1) is 13.8. The van der Waals surface area contributed by atoms with Crippen LogP contribution in [0, 0.1) is 5.92 Å². The summed E-state index contributed by atoms with van der Waals surface area (Å²) >= 11 is 0. The second-order valence-electron chi connectivity index (χ2n) is 5.43. The highest BCUT2D eigenvalue weighted by molar-refractivity contribution is 5.78. The van der Waals surface area contributed by atoms with Crippen LogP contribution >= 0.6 is 0 Å². The maximum atomic E-state index is 11.9. The Bertz CT molecular complexity index is 244. The van der Waals surface area contributed by atoms with Gasteiger partial charge in [0.1, 0.15) is 0 Å². The van der Waals surface area contributed by atoms with Crippen molar-refractivity contribution < 1.29 is 9.53 Å². The molecule has 0 radical (unpaired) electrons. The van der Waals surface area contributed by atoms with Crippen molar-refractivity contribution in [2.24, 2.45) is 5.92 Å². The summed E-state index contributed by atoms with van der Waals surface area (Å²) in [7, 11) is 0. The Morgan fingerprint density at radius 2 is 1.78 bits per heavy atom. The largest absolute Gasteiger partial charge is 0.381 e. The van der Waals surface area contributed by atoms with Crippen molar-refractivity contribution in [3.63, 3.8) is 0 Å². The molecule has 0 aromatic heterocycles. The fraction of sp³-hybridized carbons (Fsp3) is 0.929. The third-order valence-corrected chi connectivity index (χ3v) is 4.02. The van der Waals surface area contributed by atoms with E-state index in [9.17, 15) is 4.79 Å². The van der Waals surface area contributed by atoms with Gasteiger partial charge in [0.05, 0.1) is 0 Å². The molecule has 0 aromatic rings. The molecular formula is C14H26N2O2. The number of hydrogen-bond acceptors (Lipinski definition) is 3. The summed E-state index contributed by atoms with van der Waals surface area (Å²) in [4.78, 5) is 14.4. The lowest BCUT2D eigenvalue weighted by molar-refractivity contribution is -0.127. The van der Waals surface area contributed by atoms with Crippen LogP contribution in [0.4, 0.5) is 0 Å². The maximum absolute atomic E-state index is 11.9. The van der Waals surface area contributed by atoms with Gasteiger partial charge in [-0.2, -0.15) is 0 Å². The zero-order valence-electron chi connectivity index (χ0n) is 11.3. The van der Waals surface area contributed by atoms with Gasteiger partial charge in [-0.1, -0.05) is 12.8 Å². The third-order valence-electron chi connectivity index (χ3n) is 4.02. The molecule has 2 fully saturated rings. The quantitative estimate of drug-likeness (QED) is 0.824. The molecule has 4 heteroatoms. The first-order valence-corrected chi connectivity index (χ1v) is 7.44. The molecule has 2 aliphatic heterocycles. The predicted molar refractivity (Wildman–Crippen MR) is 71.5 cm³/mol. The minimum absolute atomic E-state index is 0.183. The molecule has 0 saturated carbocycles. The molecule has 0 bridgehead atoms. The molecule has 2 rings (SSSR count). The molecule has 0 aliphatic carbocycles. The second-order valence-corrected chi connectivity index (χ2v) is 5.43. The summed E-state index contributed by atoms with van der Waals surface area (Å²) in [6, 6.07) is 0. The highest BCUT2D eigenvalue weighted by atomic mass is 16.5. The minimum Gasteiger partial charge on any atom is -0.381 e. The van der Waals surface area contributed by atoms with Crippen molar-refractivity contribution in [1.82, 2.24) is 10.2 Å². The number of rotatable bonds is 4. The van der Waals surface area contributed by atoms with Crippen LogP contribution in [0.5, 0.6) is 0 Å². The molecule has 0 atom stereocenters. The van der Waals surface area contributed by atoms with Gasteiger partial charge in [-0.25, -0.2) is 0 Å². The first-order valence-electron chi connectivity index (χ1n) is 7.44. The van der Waals surface area contributed by atoms with Crippen molar-refractivity contribution in [3.05, 3.63) is 0 Å². The Balaban J connectivity index is 1.60. The normalized spacial score (nSPS) is 23.6. The molecule has 104 valence electrons. The van der Waals surface area contributed by atoms with E-state index in [1.54, 1.807) is 0 Å². The summed E-state index contributed by atoms with van der Waals surface area (Å²) in [5.74, 6) is 0.413. The van der Waals surface area contributed by atoms with E-state index in [4.69, 9.17) is 4.74 Å².